The molecule has 2 aromatic heterocycles. The van der Waals surface area contributed by atoms with E-state index in [-0.39, 0.29) is 5.56 Å². The molecule has 0 fully saturated rings. The molecule has 0 atom stereocenters. The number of hydrogen-bond acceptors (Lipinski definition) is 4. The molecule has 8 heteroatoms. The van der Waals surface area contributed by atoms with E-state index < -0.39 is 5.69 Å². The van der Waals surface area contributed by atoms with Crippen molar-refractivity contribution in [3.05, 3.63) is 56.0 Å². The maximum Gasteiger partial charge on any atom is 0.332 e. The molecule has 0 aliphatic rings. The summed E-state index contributed by atoms with van der Waals surface area (Å²) in [6.07, 6.45) is 0. The molecule has 0 aliphatic carbocycles. The first kappa shape index (κ1) is 14.4. The van der Waals surface area contributed by atoms with Crippen molar-refractivity contribution in [2.75, 3.05) is 5.32 Å². The molecule has 0 saturated heterocycles. The number of fused-ring (bicyclic) bond motifs is 1. The molecule has 1 aromatic carbocycles. The minimum atomic E-state index is -0.402. The van der Waals surface area contributed by atoms with Gasteiger partial charge in [-0.25, -0.2) is 9.78 Å². The summed E-state index contributed by atoms with van der Waals surface area (Å²) in [6.45, 7) is 0.396. The number of H-pyrrole nitrogens is 1. The first-order valence-corrected chi connectivity index (χ1v) is 6.99. The highest BCUT2D eigenvalue weighted by Gasteiger charge is 2.13. The topological polar surface area (TPSA) is 84.7 Å². The van der Waals surface area contributed by atoms with Crippen molar-refractivity contribution in [1.82, 2.24) is 19.1 Å². The van der Waals surface area contributed by atoms with Crippen LogP contribution in [-0.4, -0.2) is 19.1 Å². The molecule has 7 nitrogen and oxygen atoms in total. The smallest absolute Gasteiger partial charge is 0.332 e. The van der Waals surface area contributed by atoms with Crippen molar-refractivity contribution in [2.45, 2.75) is 6.54 Å². The summed E-state index contributed by atoms with van der Waals surface area (Å²) in [4.78, 5) is 31.2. The Kier molecular flexibility index (Phi) is 3.50. The number of aromatic amines is 1. The van der Waals surface area contributed by atoms with Crippen molar-refractivity contribution in [3.8, 4) is 0 Å². The van der Waals surface area contributed by atoms with E-state index in [1.807, 2.05) is 12.1 Å². The van der Waals surface area contributed by atoms with Crippen molar-refractivity contribution < 1.29 is 0 Å². The first-order valence-electron chi connectivity index (χ1n) is 6.61. The summed E-state index contributed by atoms with van der Waals surface area (Å²) >= 11 is 5.83. The molecule has 0 spiro atoms. The first-order chi connectivity index (χ1) is 10.5. The van der Waals surface area contributed by atoms with Gasteiger partial charge in [0.2, 0.25) is 0 Å². The summed E-state index contributed by atoms with van der Waals surface area (Å²) in [5.74, 6) is 0.572. The van der Waals surface area contributed by atoms with E-state index in [1.54, 1.807) is 19.2 Å². The van der Waals surface area contributed by atoms with Crippen LogP contribution in [0.3, 0.4) is 0 Å². The SMILES string of the molecule is Cn1c(=O)c2[nH]c(CNc3ccc(Cl)cc3)nc2n(C)c1=O. The van der Waals surface area contributed by atoms with Gasteiger partial charge >= 0.3 is 5.69 Å². The van der Waals surface area contributed by atoms with E-state index in [1.165, 1.54) is 11.6 Å². The Hall–Kier alpha value is -2.54. The number of nitrogens with one attached hydrogen (secondary N) is 2. The van der Waals surface area contributed by atoms with E-state index in [4.69, 9.17) is 11.6 Å². The minimum absolute atomic E-state index is 0.317. The number of rotatable bonds is 3. The van der Waals surface area contributed by atoms with Crippen LogP contribution in [0.25, 0.3) is 11.2 Å². The number of benzene rings is 1. The van der Waals surface area contributed by atoms with Crippen LogP contribution in [0.4, 0.5) is 5.69 Å². The number of aromatic nitrogens is 4. The van der Waals surface area contributed by atoms with Crippen LogP contribution < -0.4 is 16.6 Å². The number of hydrogen-bond donors (Lipinski definition) is 2. The van der Waals surface area contributed by atoms with Crippen LogP contribution in [0, 0.1) is 0 Å². The molecule has 0 bridgehead atoms. The number of halogens is 1. The fraction of sp³-hybridized carbons (Fsp3) is 0.214. The molecular formula is C14H14ClN5O2. The zero-order valence-corrected chi connectivity index (χ0v) is 12.8. The molecule has 3 rings (SSSR count). The molecule has 22 heavy (non-hydrogen) atoms. The predicted molar refractivity (Wildman–Crippen MR) is 85.4 cm³/mol. The molecule has 0 aliphatic heterocycles. The lowest BCUT2D eigenvalue weighted by atomic mass is 10.3. The summed E-state index contributed by atoms with van der Waals surface area (Å²) in [5, 5.41) is 3.83. The van der Waals surface area contributed by atoms with Crippen LogP contribution >= 0.6 is 11.6 Å². The molecule has 0 saturated carbocycles. The van der Waals surface area contributed by atoms with E-state index in [0.29, 0.717) is 28.6 Å². The summed E-state index contributed by atoms with van der Waals surface area (Å²) in [5.41, 5.74) is 0.759. The van der Waals surface area contributed by atoms with Gasteiger partial charge in [-0.1, -0.05) is 11.6 Å². The van der Waals surface area contributed by atoms with E-state index in [9.17, 15) is 9.59 Å². The van der Waals surface area contributed by atoms with Crippen LogP contribution in [0.1, 0.15) is 5.82 Å². The quantitative estimate of drug-likeness (QED) is 0.760. The number of anilines is 1. The fourth-order valence-corrected chi connectivity index (χ4v) is 2.34. The van der Waals surface area contributed by atoms with Gasteiger partial charge in [-0.15, -0.1) is 0 Å². The largest absolute Gasteiger partial charge is 0.378 e. The van der Waals surface area contributed by atoms with E-state index in [2.05, 4.69) is 15.3 Å². The molecule has 3 aromatic rings. The number of imidazole rings is 1. The Balaban J connectivity index is 1.94. The van der Waals surface area contributed by atoms with Gasteiger partial charge in [-0.05, 0) is 24.3 Å². The van der Waals surface area contributed by atoms with E-state index in [0.717, 1.165) is 10.3 Å². The average molecular weight is 320 g/mol. The van der Waals surface area contributed by atoms with E-state index >= 15 is 0 Å². The predicted octanol–water partition coefficient (Wildman–Crippen LogP) is 1.23. The fourth-order valence-electron chi connectivity index (χ4n) is 2.21. The lowest BCUT2D eigenvalue weighted by molar-refractivity contribution is 0.708. The highest BCUT2D eigenvalue weighted by molar-refractivity contribution is 6.30. The van der Waals surface area contributed by atoms with Gasteiger partial charge in [0.25, 0.3) is 5.56 Å². The molecule has 2 N–H and O–H groups in total. The third-order valence-electron chi connectivity index (χ3n) is 3.45. The Morgan fingerprint density at radius 1 is 1.18 bits per heavy atom. The number of nitrogens with zero attached hydrogens (tertiary/aromatic N) is 3. The molecule has 114 valence electrons. The highest BCUT2D eigenvalue weighted by Crippen LogP contribution is 2.14. The Labute approximate surface area is 130 Å². The minimum Gasteiger partial charge on any atom is -0.378 e. The molecule has 2 heterocycles. The maximum atomic E-state index is 12.1. The van der Waals surface area contributed by atoms with Gasteiger partial charge in [-0.2, -0.15) is 0 Å². The summed E-state index contributed by atoms with van der Waals surface area (Å²) < 4.78 is 2.40. The monoisotopic (exact) mass is 319 g/mol. The maximum absolute atomic E-state index is 12.1. The normalized spacial score (nSPS) is 11.0. The van der Waals surface area contributed by atoms with Gasteiger partial charge in [-0.3, -0.25) is 13.9 Å². The van der Waals surface area contributed by atoms with Gasteiger partial charge in [0.15, 0.2) is 5.65 Å². The molecule has 0 unspecified atom stereocenters. The van der Waals surface area contributed by atoms with Crippen molar-refractivity contribution >= 4 is 28.5 Å². The van der Waals surface area contributed by atoms with Crippen LogP contribution in [0.5, 0.6) is 0 Å². The second-order valence-electron chi connectivity index (χ2n) is 4.95. The second-order valence-corrected chi connectivity index (χ2v) is 5.38. The Morgan fingerprint density at radius 3 is 2.55 bits per heavy atom. The van der Waals surface area contributed by atoms with Crippen LogP contribution in [-0.2, 0) is 20.6 Å². The lowest BCUT2D eigenvalue weighted by Crippen LogP contribution is -2.36. The summed E-state index contributed by atoms with van der Waals surface area (Å²) in [6, 6.07) is 7.25. The third kappa shape index (κ3) is 2.39. The van der Waals surface area contributed by atoms with Crippen LogP contribution in [0.15, 0.2) is 33.9 Å². The average Bonchev–Trinajstić information content (AvgIpc) is 2.95. The van der Waals surface area contributed by atoms with Gasteiger partial charge < -0.3 is 10.3 Å². The standard InChI is InChI=1S/C14H14ClN5O2/c1-19-12-11(13(21)20(2)14(19)22)17-10(18-12)7-16-9-5-3-8(15)4-6-9/h3-6,16H,7H2,1-2H3,(H,17,18). The Morgan fingerprint density at radius 2 is 1.86 bits per heavy atom. The number of aryl methyl sites for hydroxylation is 1. The van der Waals surface area contributed by atoms with Crippen LogP contribution in [0.2, 0.25) is 5.02 Å². The summed E-state index contributed by atoms with van der Waals surface area (Å²) in [7, 11) is 3.03. The molecule has 0 amide bonds. The van der Waals surface area contributed by atoms with Gasteiger partial charge in [0.1, 0.15) is 11.3 Å². The molecular weight excluding hydrogens is 306 g/mol. The van der Waals surface area contributed by atoms with Gasteiger partial charge in [0, 0.05) is 24.8 Å². The molecule has 0 radical (unpaired) electrons. The highest BCUT2D eigenvalue weighted by atomic mass is 35.5. The van der Waals surface area contributed by atoms with Gasteiger partial charge in [0.05, 0.1) is 6.54 Å². The Bertz CT molecular complexity index is 952. The lowest BCUT2D eigenvalue weighted by Gasteiger charge is -2.03. The third-order valence-corrected chi connectivity index (χ3v) is 3.70. The van der Waals surface area contributed by atoms with Crippen molar-refractivity contribution in [1.29, 1.82) is 0 Å². The second kappa shape index (κ2) is 5.34. The zero-order valence-electron chi connectivity index (χ0n) is 12.1. The van der Waals surface area contributed by atoms with Crippen molar-refractivity contribution in [3.63, 3.8) is 0 Å². The zero-order chi connectivity index (χ0) is 15.9. The van der Waals surface area contributed by atoms with Crippen molar-refractivity contribution in [2.24, 2.45) is 14.1 Å².